The quantitative estimate of drug-likeness (QED) is 0.734. The highest BCUT2D eigenvalue weighted by molar-refractivity contribution is 7.10. The maximum absolute atomic E-state index is 11.0. The van der Waals surface area contributed by atoms with Crippen molar-refractivity contribution in [2.45, 2.75) is 25.9 Å². The molecule has 0 unspecified atom stereocenters. The molecular formula is C16H18O4S. The third-order valence-electron chi connectivity index (χ3n) is 3.14. The number of carboxylic acid groups (broad SMARTS) is 1. The summed E-state index contributed by atoms with van der Waals surface area (Å²) in [7, 11) is 0. The van der Waals surface area contributed by atoms with Crippen LogP contribution in [0.3, 0.4) is 0 Å². The van der Waals surface area contributed by atoms with E-state index in [2.05, 4.69) is 0 Å². The molecule has 0 atom stereocenters. The van der Waals surface area contributed by atoms with Crippen LogP contribution in [-0.2, 0) is 13.0 Å². The number of aromatic carboxylic acids is 1. The van der Waals surface area contributed by atoms with Gasteiger partial charge in [-0.1, -0.05) is 12.1 Å². The van der Waals surface area contributed by atoms with Crippen LogP contribution in [0.1, 0.15) is 33.6 Å². The van der Waals surface area contributed by atoms with E-state index in [1.54, 1.807) is 11.4 Å². The van der Waals surface area contributed by atoms with Crippen LogP contribution in [0, 0.1) is 0 Å². The number of aryl methyl sites for hydroxylation is 1. The Morgan fingerprint density at radius 2 is 1.90 bits per heavy atom. The number of thiophene rings is 1. The predicted molar refractivity (Wildman–Crippen MR) is 82.1 cm³/mol. The SMILES string of the molecule is O=C(O)c1ccsc1COc1ccc(CCCCO)cc1. The molecule has 112 valence electrons. The summed E-state index contributed by atoms with van der Waals surface area (Å²) in [4.78, 5) is 11.7. The lowest BCUT2D eigenvalue weighted by Gasteiger charge is -2.07. The minimum atomic E-state index is -0.922. The van der Waals surface area contributed by atoms with Crippen molar-refractivity contribution in [3.63, 3.8) is 0 Å². The highest BCUT2D eigenvalue weighted by Gasteiger charge is 2.11. The largest absolute Gasteiger partial charge is 0.488 e. The smallest absolute Gasteiger partial charge is 0.336 e. The zero-order valence-electron chi connectivity index (χ0n) is 11.6. The van der Waals surface area contributed by atoms with Crippen molar-refractivity contribution in [2.75, 3.05) is 6.61 Å². The summed E-state index contributed by atoms with van der Waals surface area (Å²) in [6, 6.07) is 9.37. The van der Waals surface area contributed by atoms with E-state index < -0.39 is 5.97 Å². The second-order valence-corrected chi connectivity index (χ2v) is 5.68. The summed E-state index contributed by atoms with van der Waals surface area (Å²) in [5.74, 6) is -0.195. The highest BCUT2D eigenvalue weighted by Crippen LogP contribution is 2.20. The molecule has 0 aliphatic rings. The van der Waals surface area contributed by atoms with Crippen LogP contribution in [0.15, 0.2) is 35.7 Å². The number of ether oxygens (including phenoxy) is 1. The van der Waals surface area contributed by atoms with E-state index in [-0.39, 0.29) is 13.2 Å². The van der Waals surface area contributed by atoms with Crippen LogP contribution in [0.5, 0.6) is 5.75 Å². The fourth-order valence-corrected chi connectivity index (χ4v) is 2.76. The Hall–Kier alpha value is -1.85. The second-order valence-electron chi connectivity index (χ2n) is 4.68. The Balaban J connectivity index is 1.88. The van der Waals surface area contributed by atoms with Crippen molar-refractivity contribution in [1.82, 2.24) is 0 Å². The standard InChI is InChI=1S/C16H18O4S/c17-9-2-1-3-12-4-6-13(7-5-12)20-11-15-14(16(18)19)8-10-21-15/h4-8,10,17H,1-3,9,11H2,(H,18,19). The first-order valence-electron chi connectivity index (χ1n) is 6.83. The van der Waals surface area contributed by atoms with Gasteiger partial charge in [0.15, 0.2) is 0 Å². The molecule has 2 rings (SSSR count). The molecule has 1 aromatic heterocycles. The normalized spacial score (nSPS) is 10.5. The molecule has 1 heterocycles. The molecular weight excluding hydrogens is 288 g/mol. The minimum Gasteiger partial charge on any atom is -0.488 e. The lowest BCUT2D eigenvalue weighted by Crippen LogP contribution is -2.01. The number of aliphatic hydroxyl groups excluding tert-OH is 1. The molecule has 5 heteroatoms. The van der Waals surface area contributed by atoms with Gasteiger partial charge in [-0.15, -0.1) is 11.3 Å². The van der Waals surface area contributed by atoms with Gasteiger partial charge in [0, 0.05) is 6.61 Å². The van der Waals surface area contributed by atoms with Crippen molar-refractivity contribution in [3.8, 4) is 5.75 Å². The molecule has 0 saturated heterocycles. The van der Waals surface area contributed by atoms with E-state index in [9.17, 15) is 4.79 Å². The Labute approximate surface area is 127 Å². The first kappa shape index (κ1) is 15.5. The highest BCUT2D eigenvalue weighted by atomic mass is 32.1. The molecule has 2 aromatic rings. The molecule has 0 aliphatic heterocycles. The van der Waals surface area contributed by atoms with Crippen molar-refractivity contribution in [2.24, 2.45) is 0 Å². The van der Waals surface area contributed by atoms with E-state index >= 15 is 0 Å². The van der Waals surface area contributed by atoms with Crippen LogP contribution in [0.2, 0.25) is 0 Å². The molecule has 0 spiro atoms. The average Bonchev–Trinajstić information content (AvgIpc) is 2.95. The van der Waals surface area contributed by atoms with Gasteiger partial charge in [0.1, 0.15) is 12.4 Å². The number of unbranched alkanes of at least 4 members (excludes halogenated alkanes) is 1. The minimum absolute atomic E-state index is 0.230. The molecule has 0 bridgehead atoms. The molecule has 0 aliphatic carbocycles. The summed E-state index contributed by atoms with van der Waals surface area (Å²) in [5, 5.41) is 19.5. The molecule has 21 heavy (non-hydrogen) atoms. The fourth-order valence-electron chi connectivity index (χ4n) is 1.99. The zero-order chi connectivity index (χ0) is 15.1. The lowest BCUT2D eigenvalue weighted by molar-refractivity contribution is 0.0695. The second kappa shape index (κ2) is 7.81. The van der Waals surface area contributed by atoms with Crippen molar-refractivity contribution < 1.29 is 19.7 Å². The third-order valence-corrected chi connectivity index (χ3v) is 4.04. The first-order chi connectivity index (χ1) is 10.2. The number of carbonyl (C=O) groups is 1. The van der Waals surface area contributed by atoms with Gasteiger partial charge in [0.25, 0.3) is 0 Å². The number of rotatable bonds is 8. The van der Waals surface area contributed by atoms with E-state index in [0.29, 0.717) is 5.56 Å². The molecule has 0 radical (unpaired) electrons. The van der Waals surface area contributed by atoms with E-state index in [0.717, 1.165) is 29.9 Å². The Morgan fingerprint density at radius 1 is 1.14 bits per heavy atom. The van der Waals surface area contributed by atoms with Gasteiger partial charge in [0.05, 0.1) is 10.4 Å². The summed E-state index contributed by atoms with van der Waals surface area (Å²) in [5.41, 5.74) is 1.51. The van der Waals surface area contributed by atoms with Crippen LogP contribution >= 0.6 is 11.3 Å². The van der Waals surface area contributed by atoms with Crippen molar-refractivity contribution in [3.05, 3.63) is 51.7 Å². The number of hydrogen-bond acceptors (Lipinski definition) is 4. The predicted octanol–water partition coefficient (Wildman–Crippen LogP) is 3.34. The van der Waals surface area contributed by atoms with Crippen LogP contribution < -0.4 is 4.74 Å². The summed E-state index contributed by atoms with van der Waals surface area (Å²) in [6.45, 7) is 0.497. The maximum Gasteiger partial charge on any atom is 0.336 e. The Morgan fingerprint density at radius 3 is 2.57 bits per heavy atom. The van der Waals surface area contributed by atoms with Gasteiger partial charge < -0.3 is 14.9 Å². The third kappa shape index (κ3) is 4.58. The van der Waals surface area contributed by atoms with Crippen LogP contribution in [-0.4, -0.2) is 22.8 Å². The van der Waals surface area contributed by atoms with Crippen molar-refractivity contribution in [1.29, 1.82) is 0 Å². The van der Waals surface area contributed by atoms with Gasteiger partial charge in [-0.3, -0.25) is 0 Å². The summed E-state index contributed by atoms with van der Waals surface area (Å²) >= 11 is 1.38. The monoisotopic (exact) mass is 306 g/mol. The maximum atomic E-state index is 11.0. The fraction of sp³-hybridized carbons (Fsp3) is 0.312. The molecule has 2 N–H and O–H groups in total. The first-order valence-corrected chi connectivity index (χ1v) is 7.71. The van der Waals surface area contributed by atoms with Gasteiger partial charge in [-0.05, 0) is 48.4 Å². The van der Waals surface area contributed by atoms with E-state index in [1.807, 2.05) is 24.3 Å². The van der Waals surface area contributed by atoms with Gasteiger partial charge in [0.2, 0.25) is 0 Å². The number of carboxylic acids is 1. The van der Waals surface area contributed by atoms with Gasteiger partial charge >= 0.3 is 5.97 Å². The van der Waals surface area contributed by atoms with Crippen LogP contribution in [0.4, 0.5) is 0 Å². The topological polar surface area (TPSA) is 66.8 Å². The number of hydrogen-bond donors (Lipinski definition) is 2. The average molecular weight is 306 g/mol. The van der Waals surface area contributed by atoms with Crippen molar-refractivity contribution >= 4 is 17.3 Å². The molecule has 0 saturated carbocycles. The van der Waals surface area contributed by atoms with Gasteiger partial charge in [-0.2, -0.15) is 0 Å². The summed E-state index contributed by atoms with van der Waals surface area (Å²) in [6.07, 6.45) is 2.72. The summed E-state index contributed by atoms with van der Waals surface area (Å²) < 4.78 is 5.63. The van der Waals surface area contributed by atoms with E-state index in [4.69, 9.17) is 14.9 Å². The Bertz CT molecular complexity index is 574. The number of benzene rings is 1. The number of aliphatic hydroxyl groups is 1. The zero-order valence-corrected chi connectivity index (χ0v) is 12.4. The molecule has 0 amide bonds. The van der Waals surface area contributed by atoms with E-state index in [1.165, 1.54) is 16.9 Å². The lowest BCUT2D eigenvalue weighted by atomic mass is 10.1. The van der Waals surface area contributed by atoms with Gasteiger partial charge in [-0.25, -0.2) is 4.79 Å². The molecule has 1 aromatic carbocycles. The molecule has 0 fully saturated rings. The molecule has 4 nitrogen and oxygen atoms in total. The Kier molecular flexibility index (Phi) is 5.78. The van der Waals surface area contributed by atoms with Crippen LogP contribution in [0.25, 0.3) is 0 Å².